The van der Waals surface area contributed by atoms with Gasteiger partial charge in [-0.1, -0.05) is 18.2 Å². The Labute approximate surface area is 221 Å². The topological polar surface area (TPSA) is 188 Å². The number of alkyl halides is 3. The van der Waals surface area contributed by atoms with E-state index in [9.17, 15) is 46.5 Å². The Kier molecular flexibility index (Phi) is 8.92. The van der Waals surface area contributed by atoms with Gasteiger partial charge >= 0.3 is 6.18 Å². The molecule has 7 N–H and O–H groups in total. The third-order valence-electron chi connectivity index (χ3n) is 6.36. The predicted molar refractivity (Wildman–Crippen MR) is 130 cm³/mol. The van der Waals surface area contributed by atoms with E-state index in [0.717, 1.165) is 12.1 Å². The fourth-order valence-electron chi connectivity index (χ4n) is 4.22. The molecule has 15 heteroatoms. The quantitative estimate of drug-likeness (QED) is 0.237. The molecular weight excluding hydrogens is 547 g/mol. The molecule has 5 atom stereocenters. The lowest BCUT2D eigenvalue weighted by molar-refractivity contribution is -0.158. The zero-order valence-electron chi connectivity index (χ0n) is 20.6. The van der Waals surface area contributed by atoms with Crippen molar-refractivity contribution >= 4 is 21.8 Å². The molecule has 0 spiro atoms. The molecule has 2 aromatic rings. The van der Waals surface area contributed by atoms with Gasteiger partial charge in [-0.3, -0.25) is 9.59 Å². The number of nitrogens with two attached hydrogens (primary N) is 1. The molecule has 39 heavy (non-hydrogen) atoms. The Morgan fingerprint density at radius 2 is 1.79 bits per heavy atom. The van der Waals surface area contributed by atoms with Crippen LogP contribution in [0, 0.1) is 0 Å². The van der Waals surface area contributed by atoms with Crippen LogP contribution in [0.5, 0.6) is 5.75 Å². The van der Waals surface area contributed by atoms with E-state index in [4.69, 9.17) is 10.5 Å². The molecule has 0 radical (unpaired) electrons. The first-order valence-corrected chi connectivity index (χ1v) is 13.1. The minimum Gasteiger partial charge on any atom is -0.497 e. The number of amides is 2. The van der Waals surface area contributed by atoms with Crippen molar-refractivity contribution in [1.29, 1.82) is 0 Å². The first-order valence-electron chi connectivity index (χ1n) is 11.6. The van der Waals surface area contributed by atoms with E-state index in [2.05, 4.69) is 5.32 Å². The summed E-state index contributed by atoms with van der Waals surface area (Å²) in [5, 5.41) is 34.0. The van der Waals surface area contributed by atoms with Crippen LogP contribution in [0.3, 0.4) is 0 Å². The molecule has 0 aromatic heterocycles. The molecule has 1 aliphatic carbocycles. The fourth-order valence-corrected chi connectivity index (χ4v) is 5.52. The van der Waals surface area contributed by atoms with Gasteiger partial charge in [0.25, 0.3) is 5.91 Å². The van der Waals surface area contributed by atoms with Gasteiger partial charge in [-0.15, -0.1) is 0 Å². The van der Waals surface area contributed by atoms with Crippen LogP contribution in [0.15, 0.2) is 53.4 Å². The van der Waals surface area contributed by atoms with E-state index in [-0.39, 0.29) is 6.42 Å². The van der Waals surface area contributed by atoms with Crippen LogP contribution in [0.25, 0.3) is 0 Å². The van der Waals surface area contributed by atoms with Crippen molar-refractivity contribution in [3.8, 4) is 5.75 Å². The summed E-state index contributed by atoms with van der Waals surface area (Å²) < 4.78 is 71.8. The van der Waals surface area contributed by atoms with Crippen molar-refractivity contribution < 1.29 is 51.2 Å². The smallest absolute Gasteiger partial charge is 0.416 e. The van der Waals surface area contributed by atoms with E-state index in [1.807, 2.05) is 4.72 Å². The number of rotatable bonds is 9. The minimum absolute atomic E-state index is 0.0715. The summed E-state index contributed by atoms with van der Waals surface area (Å²) in [7, 11) is -3.24. The molecule has 0 bridgehead atoms. The number of ether oxygens (including phenoxy) is 1. The molecule has 0 saturated heterocycles. The average molecular weight is 576 g/mol. The first kappa shape index (κ1) is 30.3. The second-order valence-corrected chi connectivity index (χ2v) is 10.9. The lowest BCUT2D eigenvalue weighted by atomic mass is 9.78. The van der Waals surface area contributed by atoms with Crippen molar-refractivity contribution in [3.63, 3.8) is 0 Å². The molecule has 214 valence electrons. The maximum atomic E-state index is 13.0. The number of hydrogen-bond donors (Lipinski definition) is 6. The lowest BCUT2D eigenvalue weighted by Crippen LogP contribution is -2.64. The maximum absolute atomic E-state index is 13.0. The third kappa shape index (κ3) is 7.24. The monoisotopic (exact) mass is 575 g/mol. The molecule has 2 aromatic carbocycles. The van der Waals surface area contributed by atoms with Crippen molar-refractivity contribution in [2.75, 3.05) is 7.11 Å². The van der Waals surface area contributed by atoms with E-state index in [0.29, 0.717) is 23.4 Å². The van der Waals surface area contributed by atoms with Gasteiger partial charge in [0.05, 0.1) is 35.8 Å². The normalized spacial score (nSPS) is 24.5. The van der Waals surface area contributed by atoms with Gasteiger partial charge in [0.15, 0.2) is 0 Å². The summed E-state index contributed by atoms with van der Waals surface area (Å²) in [4.78, 5) is 24.3. The van der Waals surface area contributed by atoms with Gasteiger partial charge in [0.1, 0.15) is 17.4 Å². The van der Waals surface area contributed by atoms with Crippen LogP contribution in [0.1, 0.15) is 24.0 Å². The summed E-state index contributed by atoms with van der Waals surface area (Å²) >= 11 is 0. The van der Waals surface area contributed by atoms with Crippen molar-refractivity contribution in [2.24, 2.45) is 5.73 Å². The number of hydrogen-bond acceptors (Lipinski definition) is 8. The third-order valence-corrected chi connectivity index (χ3v) is 7.85. The van der Waals surface area contributed by atoms with Crippen LogP contribution in [0.4, 0.5) is 13.2 Å². The van der Waals surface area contributed by atoms with E-state index in [1.54, 1.807) is 24.3 Å². The summed E-state index contributed by atoms with van der Waals surface area (Å²) in [5.74, 6) is -1.57. The summed E-state index contributed by atoms with van der Waals surface area (Å²) in [5.41, 5.74) is 2.27. The summed E-state index contributed by atoms with van der Waals surface area (Å²) in [6.45, 7) is 0. The minimum atomic E-state index is -4.83. The highest BCUT2D eigenvalue weighted by Gasteiger charge is 2.50. The first-order chi connectivity index (χ1) is 18.1. The molecule has 11 nitrogen and oxygen atoms in total. The van der Waals surface area contributed by atoms with Crippen LogP contribution in [-0.4, -0.2) is 72.6 Å². The van der Waals surface area contributed by atoms with Crippen LogP contribution < -0.4 is 20.5 Å². The van der Waals surface area contributed by atoms with Crippen LogP contribution >= 0.6 is 0 Å². The number of halogens is 3. The highest BCUT2D eigenvalue weighted by atomic mass is 32.2. The van der Waals surface area contributed by atoms with Gasteiger partial charge < -0.3 is 31.1 Å². The van der Waals surface area contributed by atoms with Crippen molar-refractivity contribution in [1.82, 2.24) is 10.0 Å². The fraction of sp³-hybridized carbons (Fsp3) is 0.417. The van der Waals surface area contributed by atoms with Gasteiger partial charge in [-0.05, 0) is 35.9 Å². The Balaban J connectivity index is 1.79. The van der Waals surface area contributed by atoms with E-state index >= 15 is 0 Å². The Morgan fingerprint density at radius 3 is 2.36 bits per heavy atom. The molecule has 1 aliphatic rings. The molecule has 3 rings (SSSR count). The predicted octanol–water partition coefficient (Wildman–Crippen LogP) is -0.180. The highest BCUT2D eigenvalue weighted by molar-refractivity contribution is 7.89. The summed E-state index contributed by atoms with van der Waals surface area (Å²) in [6.07, 6.45) is -10.0. The lowest BCUT2D eigenvalue weighted by Gasteiger charge is -2.41. The number of aliphatic hydroxyl groups is 3. The summed E-state index contributed by atoms with van der Waals surface area (Å²) in [6, 6.07) is 6.29. The number of nitrogens with one attached hydrogen (secondary N) is 2. The number of primary amides is 1. The largest absolute Gasteiger partial charge is 0.497 e. The SMILES string of the molecule is COc1ccc(CC(NC(=O)C2(O)CC(O)C(O)C(NS(=O)(=O)c3cccc(C(F)(F)F)c3)C2)C(N)=O)cc1. The molecule has 2 amide bonds. The van der Waals surface area contributed by atoms with Crippen LogP contribution in [-0.2, 0) is 32.2 Å². The molecule has 0 aliphatic heterocycles. The second kappa shape index (κ2) is 11.5. The molecule has 0 heterocycles. The van der Waals surface area contributed by atoms with Crippen molar-refractivity contribution in [2.45, 2.75) is 60.2 Å². The zero-order chi connectivity index (χ0) is 29.2. The maximum Gasteiger partial charge on any atom is 0.416 e. The number of carbonyl (C=O) groups is 2. The van der Waals surface area contributed by atoms with E-state index < -0.39 is 81.2 Å². The molecular formula is C24H28F3N3O8S. The van der Waals surface area contributed by atoms with E-state index in [1.165, 1.54) is 7.11 Å². The number of carbonyl (C=O) groups excluding carboxylic acids is 2. The second-order valence-electron chi connectivity index (χ2n) is 9.23. The Hall–Kier alpha value is -3.24. The standard InChI is InChI=1S/C24H28F3N3O8S/c1-38-15-7-5-13(6-8-15)9-17(21(28)33)29-22(34)23(35)11-18(20(32)19(31)12-23)30-39(36,37)16-4-2-3-14(10-16)24(25,26)27/h2-8,10,17-20,30-32,35H,9,11-12H2,1H3,(H2,28,33)(H,29,34). The average Bonchev–Trinajstić information content (AvgIpc) is 2.86. The molecule has 5 unspecified atom stereocenters. The van der Waals surface area contributed by atoms with Crippen LogP contribution in [0.2, 0.25) is 0 Å². The van der Waals surface area contributed by atoms with Gasteiger partial charge in [-0.2, -0.15) is 13.2 Å². The molecule has 1 fully saturated rings. The number of sulfonamides is 1. The number of aliphatic hydroxyl groups excluding tert-OH is 2. The highest BCUT2D eigenvalue weighted by Crippen LogP contribution is 2.33. The Bertz CT molecular complexity index is 1310. The van der Waals surface area contributed by atoms with Gasteiger partial charge in [0.2, 0.25) is 15.9 Å². The van der Waals surface area contributed by atoms with Gasteiger partial charge in [0, 0.05) is 19.3 Å². The molecule has 1 saturated carbocycles. The Morgan fingerprint density at radius 1 is 1.15 bits per heavy atom. The van der Waals surface area contributed by atoms with Gasteiger partial charge in [-0.25, -0.2) is 13.1 Å². The zero-order valence-corrected chi connectivity index (χ0v) is 21.4. The number of methoxy groups -OCH3 is 1. The number of benzene rings is 2. The van der Waals surface area contributed by atoms with Crippen molar-refractivity contribution in [3.05, 3.63) is 59.7 Å².